The van der Waals surface area contributed by atoms with Gasteiger partial charge in [0.2, 0.25) is 5.91 Å². The van der Waals surface area contributed by atoms with Crippen LogP contribution in [0, 0.1) is 11.3 Å². The predicted octanol–water partition coefficient (Wildman–Crippen LogP) is 1.61. The van der Waals surface area contributed by atoms with E-state index in [0.29, 0.717) is 17.8 Å². The second-order valence-corrected chi connectivity index (χ2v) is 5.19. The van der Waals surface area contributed by atoms with Gasteiger partial charge in [0, 0.05) is 18.8 Å². The molecule has 1 fully saturated rings. The van der Waals surface area contributed by atoms with Crippen molar-refractivity contribution in [1.29, 1.82) is 5.26 Å². The lowest BCUT2D eigenvalue weighted by Gasteiger charge is -2.34. The van der Waals surface area contributed by atoms with E-state index in [-0.39, 0.29) is 18.1 Å². The Morgan fingerprint density at radius 1 is 1.35 bits per heavy atom. The van der Waals surface area contributed by atoms with Crippen molar-refractivity contribution in [2.45, 2.75) is 26.1 Å². The molecule has 1 saturated heterocycles. The molecule has 106 valence electrons. The highest BCUT2D eigenvalue weighted by Crippen LogP contribution is 2.12. The van der Waals surface area contributed by atoms with Crippen LogP contribution < -0.4 is 5.32 Å². The van der Waals surface area contributed by atoms with Crippen LogP contribution in [-0.2, 0) is 9.53 Å². The molecule has 1 aromatic carbocycles. The van der Waals surface area contributed by atoms with E-state index in [9.17, 15) is 4.79 Å². The fraction of sp³-hybridized carbons (Fsp3) is 0.467. The van der Waals surface area contributed by atoms with E-state index >= 15 is 0 Å². The highest BCUT2D eigenvalue weighted by molar-refractivity contribution is 5.92. The van der Waals surface area contributed by atoms with E-state index in [1.807, 2.05) is 19.9 Å². The maximum absolute atomic E-state index is 12.0. The van der Waals surface area contributed by atoms with E-state index in [1.54, 1.807) is 24.3 Å². The van der Waals surface area contributed by atoms with E-state index in [2.05, 4.69) is 10.2 Å². The lowest BCUT2D eigenvalue weighted by molar-refractivity contribution is -0.121. The molecule has 5 nitrogen and oxygen atoms in total. The highest BCUT2D eigenvalue weighted by atomic mass is 16.5. The lowest BCUT2D eigenvalue weighted by atomic mass is 10.2. The Labute approximate surface area is 119 Å². The average molecular weight is 273 g/mol. The van der Waals surface area contributed by atoms with Crippen LogP contribution in [-0.4, -0.2) is 42.6 Å². The van der Waals surface area contributed by atoms with Crippen LogP contribution in [0.2, 0.25) is 0 Å². The number of hydrogen-bond acceptors (Lipinski definition) is 4. The Morgan fingerprint density at radius 3 is 2.50 bits per heavy atom. The molecular weight excluding hydrogens is 254 g/mol. The molecule has 2 atom stereocenters. The summed E-state index contributed by atoms with van der Waals surface area (Å²) in [4.78, 5) is 14.1. The second kappa shape index (κ2) is 6.51. The minimum absolute atomic E-state index is 0.0454. The minimum atomic E-state index is -0.0454. The average Bonchev–Trinajstić information content (AvgIpc) is 2.38. The molecule has 0 unspecified atom stereocenters. The third-order valence-electron chi connectivity index (χ3n) is 3.16. The molecule has 1 heterocycles. The first-order valence-electron chi connectivity index (χ1n) is 6.74. The zero-order chi connectivity index (χ0) is 14.5. The Balaban J connectivity index is 1.87. The van der Waals surface area contributed by atoms with Crippen LogP contribution in [0.5, 0.6) is 0 Å². The maximum Gasteiger partial charge on any atom is 0.238 e. The smallest absolute Gasteiger partial charge is 0.238 e. The SMILES string of the molecule is C[C@@H]1CN(CC(=O)Nc2ccc(C#N)cc2)C[C@H](C)O1. The number of morpholine rings is 1. The van der Waals surface area contributed by atoms with Gasteiger partial charge in [-0.05, 0) is 38.1 Å². The molecule has 0 radical (unpaired) electrons. The van der Waals surface area contributed by atoms with Crippen LogP contribution in [0.4, 0.5) is 5.69 Å². The molecule has 0 aromatic heterocycles. The minimum Gasteiger partial charge on any atom is -0.373 e. The van der Waals surface area contributed by atoms with Gasteiger partial charge in [0.1, 0.15) is 0 Å². The summed E-state index contributed by atoms with van der Waals surface area (Å²) < 4.78 is 5.64. The van der Waals surface area contributed by atoms with E-state index < -0.39 is 0 Å². The molecule has 1 aliphatic rings. The van der Waals surface area contributed by atoms with Crippen molar-refractivity contribution in [2.24, 2.45) is 0 Å². The number of nitrogens with one attached hydrogen (secondary N) is 1. The molecule has 1 aliphatic heterocycles. The second-order valence-electron chi connectivity index (χ2n) is 5.19. The van der Waals surface area contributed by atoms with Crippen molar-refractivity contribution >= 4 is 11.6 Å². The van der Waals surface area contributed by atoms with Gasteiger partial charge in [-0.25, -0.2) is 0 Å². The van der Waals surface area contributed by atoms with E-state index in [0.717, 1.165) is 13.1 Å². The molecule has 2 rings (SSSR count). The standard InChI is InChI=1S/C15H19N3O2/c1-11-8-18(9-12(2)20-11)10-15(19)17-14-5-3-13(7-16)4-6-14/h3-6,11-12H,8-10H2,1-2H3,(H,17,19)/t11-,12+. The third-order valence-corrected chi connectivity index (χ3v) is 3.16. The Kier molecular flexibility index (Phi) is 4.72. The Bertz CT molecular complexity index is 497. The van der Waals surface area contributed by atoms with Gasteiger partial charge in [0.15, 0.2) is 0 Å². The van der Waals surface area contributed by atoms with Crippen LogP contribution in [0.25, 0.3) is 0 Å². The van der Waals surface area contributed by atoms with Crippen LogP contribution >= 0.6 is 0 Å². The number of benzene rings is 1. The number of hydrogen-bond donors (Lipinski definition) is 1. The summed E-state index contributed by atoms with van der Waals surface area (Å²) in [5.74, 6) is -0.0454. The topological polar surface area (TPSA) is 65.4 Å². The van der Waals surface area contributed by atoms with Gasteiger partial charge >= 0.3 is 0 Å². The molecule has 1 aromatic rings. The molecule has 0 aliphatic carbocycles. The van der Waals surface area contributed by atoms with E-state index in [1.165, 1.54) is 0 Å². The zero-order valence-electron chi connectivity index (χ0n) is 11.8. The van der Waals surface area contributed by atoms with Crippen molar-refractivity contribution in [1.82, 2.24) is 4.90 Å². The summed E-state index contributed by atoms with van der Waals surface area (Å²) in [6.45, 7) is 5.93. The summed E-state index contributed by atoms with van der Waals surface area (Å²) >= 11 is 0. The maximum atomic E-state index is 12.0. The normalized spacial score (nSPS) is 23.1. The van der Waals surface area contributed by atoms with Gasteiger partial charge < -0.3 is 10.1 Å². The summed E-state index contributed by atoms with van der Waals surface area (Å²) in [7, 11) is 0. The first kappa shape index (κ1) is 14.5. The van der Waals surface area contributed by atoms with Crippen molar-refractivity contribution in [2.75, 3.05) is 25.0 Å². The number of rotatable bonds is 3. The molecule has 1 amide bonds. The molecular formula is C15H19N3O2. The summed E-state index contributed by atoms with van der Waals surface area (Å²) in [6, 6.07) is 8.90. The number of ether oxygens (including phenoxy) is 1. The number of amides is 1. The molecule has 20 heavy (non-hydrogen) atoms. The fourth-order valence-corrected chi connectivity index (χ4v) is 2.45. The van der Waals surface area contributed by atoms with E-state index in [4.69, 9.17) is 10.00 Å². The number of carbonyl (C=O) groups excluding carboxylic acids is 1. The molecule has 0 bridgehead atoms. The third kappa shape index (κ3) is 4.05. The lowest BCUT2D eigenvalue weighted by Crippen LogP contribution is -2.48. The van der Waals surface area contributed by atoms with Gasteiger partial charge in [0.25, 0.3) is 0 Å². The highest BCUT2D eigenvalue weighted by Gasteiger charge is 2.23. The van der Waals surface area contributed by atoms with Gasteiger partial charge in [-0.15, -0.1) is 0 Å². The first-order chi connectivity index (χ1) is 9.56. The van der Waals surface area contributed by atoms with Gasteiger partial charge in [-0.2, -0.15) is 5.26 Å². The van der Waals surface area contributed by atoms with Gasteiger partial charge in [-0.1, -0.05) is 0 Å². The number of nitriles is 1. The molecule has 5 heteroatoms. The molecule has 1 N–H and O–H groups in total. The number of carbonyl (C=O) groups is 1. The van der Waals surface area contributed by atoms with Crippen molar-refractivity contribution < 1.29 is 9.53 Å². The Hall–Kier alpha value is -1.90. The fourth-order valence-electron chi connectivity index (χ4n) is 2.45. The zero-order valence-corrected chi connectivity index (χ0v) is 11.8. The monoisotopic (exact) mass is 273 g/mol. The first-order valence-corrected chi connectivity index (χ1v) is 6.74. The summed E-state index contributed by atoms with van der Waals surface area (Å²) in [5.41, 5.74) is 1.29. The number of anilines is 1. The molecule has 0 spiro atoms. The molecule has 0 saturated carbocycles. The summed E-state index contributed by atoms with van der Waals surface area (Å²) in [6.07, 6.45) is 0.308. The van der Waals surface area contributed by atoms with Gasteiger partial charge in [0.05, 0.1) is 30.4 Å². The van der Waals surface area contributed by atoms with Crippen LogP contribution in [0.1, 0.15) is 19.4 Å². The quantitative estimate of drug-likeness (QED) is 0.908. The Morgan fingerprint density at radius 2 is 1.95 bits per heavy atom. The number of nitrogens with zero attached hydrogens (tertiary/aromatic N) is 2. The van der Waals surface area contributed by atoms with Crippen molar-refractivity contribution in [3.63, 3.8) is 0 Å². The predicted molar refractivity (Wildman–Crippen MR) is 76.2 cm³/mol. The van der Waals surface area contributed by atoms with Crippen molar-refractivity contribution in [3.05, 3.63) is 29.8 Å². The van der Waals surface area contributed by atoms with Crippen molar-refractivity contribution in [3.8, 4) is 6.07 Å². The van der Waals surface area contributed by atoms with Crippen LogP contribution in [0.3, 0.4) is 0 Å². The van der Waals surface area contributed by atoms with Crippen LogP contribution in [0.15, 0.2) is 24.3 Å². The largest absolute Gasteiger partial charge is 0.373 e. The summed E-state index contributed by atoms with van der Waals surface area (Å²) in [5, 5.41) is 11.6. The van der Waals surface area contributed by atoms with Gasteiger partial charge in [-0.3, -0.25) is 9.69 Å².